The highest BCUT2D eigenvalue weighted by Gasteiger charge is 2.20. The van der Waals surface area contributed by atoms with E-state index in [4.69, 9.17) is 5.11 Å². The number of aliphatic carboxylic acids is 1. The summed E-state index contributed by atoms with van der Waals surface area (Å²) >= 11 is 1.52. The van der Waals surface area contributed by atoms with Crippen LogP contribution in [-0.4, -0.2) is 23.0 Å². The first kappa shape index (κ1) is 13.4. The van der Waals surface area contributed by atoms with Crippen molar-refractivity contribution in [2.75, 3.05) is 0 Å². The summed E-state index contributed by atoms with van der Waals surface area (Å²) in [5, 5.41) is 11.4. The number of rotatable bonds is 5. The molecular formula is C12H15NO3S. The summed E-state index contributed by atoms with van der Waals surface area (Å²) in [6, 6.07) is 0.849. The van der Waals surface area contributed by atoms with Gasteiger partial charge in [0.05, 0.1) is 5.56 Å². The van der Waals surface area contributed by atoms with E-state index in [9.17, 15) is 9.59 Å². The maximum atomic E-state index is 11.9. The lowest BCUT2D eigenvalue weighted by Crippen LogP contribution is -2.40. The Morgan fingerprint density at radius 2 is 2.24 bits per heavy atom. The van der Waals surface area contributed by atoms with E-state index < -0.39 is 12.0 Å². The Morgan fingerprint density at radius 1 is 1.59 bits per heavy atom. The van der Waals surface area contributed by atoms with Crippen molar-refractivity contribution in [3.05, 3.63) is 34.0 Å². The molecule has 92 valence electrons. The fourth-order valence-electron chi connectivity index (χ4n) is 1.48. The summed E-state index contributed by atoms with van der Waals surface area (Å²) in [5.41, 5.74) is 0.544. The van der Waals surface area contributed by atoms with Gasteiger partial charge in [-0.05, 0) is 26.3 Å². The van der Waals surface area contributed by atoms with Crippen molar-refractivity contribution in [3.63, 3.8) is 0 Å². The molecule has 1 rings (SSSR count). The summed E-state index contributed by atoms with van der Waals surface area (Å²) in [5.74, 6) is -1.40. The lowest BCUT2D eigenvalue weighted by Gasteiger charge is -2.12. The Morgan fingerprint density at radius 3 is 2.65 bits per heavy atom. The molecule has 0 spiro atoms. The molecule has 0 saturated carbocycles. The lowest BCUT2D eigenvalue weighted by atomic mass is 10.1. The van der Waals surface area contributed by atoms with Gasteiger partial charge in [0.2, 0.25) is 0 Å². The summed E-state index contributed by atoms with van der Waals surface area (Å²) < 4.78 is 0. The molecule has 1 heterocycles. The van der Waals surface area contributed by atoms with Gasteiger partial charge < -0.3 is 10.4 Å². The Hall–Kier alpha value is -1.62. The zero-order chi connectivity index (χ0) is 13.0. The first-order valence-electron chi connectivity index (χ1n) is 5.17. The smallest absolute Gasteiger partial charge is 0.326 e. The van der Waals surface area contributed by atoms with Gasteiger partial charge in [0, 0.05) is 9.75 Å². The van der Waals surface area contributed by atoms with Crippen LogP contribution in [0.3, 0.4) is 0 Å². The van der Waals surface area contributed by atoms with Crippen molar-refractivity contribution in [2.45, 2.75) is 26.3 Å². The Kier molecular flexibility index (Phi) is 4.45. The van der Waals surface area contributed by atoms with Gasteiger partial charge >= 0.3 is 5.97 Å². The van der Waals surface area contributed by atoms with E-state index in [2.05, 4.69) is 11.9 Å². The number of carbonyl (C=O) groups is 2. The van der Waals surface area contributed by atoms with Crippen LogP contribution in [0, 0.1) is 13.8 Å². The van der Waals surface area contributed by atoms with Crippen LogP contribution < -0.4 is 5.32 Å². The second-order valence-electron chi connectivity index (χ2n) is 3.72. The molecule has 1 amide bonds. The Bertz CT molecular complexity index is 451. The average Bonchev–Trinajstić information content (AvgIpc) is 2.57. The number of carboxylic acid groups (broad SMARTS) is 1. The first-order chi connectivity index (χ1) is 7.95. The topological polar surface area (TPSA) is 66.4 Å². The molecule has 1 aromatic rings. The molecule has 0 bridgehead atoms. The van der Waals surface area contributed by atoms with E-state index in [0.29, 0.717) is 5.56 Å². The van der Waals surface area contributed by atoms with Gasteiger partial charge in [-0.3, -0.25) is 4.79 Å². The SMILES string of the molecule is C=CCC(NC(=O)c1cc(C)sc1C)C(=O)O. The number of hydrogen-bond acceptors (Lipinski definition) is 3. The van der Waals surface area contributed by atoms with Gasteiger partial charge in [0.1, 0.15) is 6.04 Å². The minimum Gasteiger partial charge on any atom is -0.480 e. The molecule has 0 aromatic carbocycles. The molecule has 17 heavy (non-hydrogen) atoms. The normalized spacial score (nSPS) is 11.9. The van der Waals surface area contributed by atoms with Gasteiger partial charge in [-0.2, -0.15) is 0 Å². The van der Waals surface area contributed by atoms with Crippen LogP contribution in [-0.2, 0) is 4.79 Å². The van der Waals surface area contributed by atoms with E-state index in [0.717, 1.165) is 9.75 Å². The number of carboxylic acids is 1. The minimum absolute atomic E-state index is 0.212. The highest BCUT2D eigenvalue weighted by molar-refractivity contribution is 7.12. The third-order valence-electron chi connectivity index (χ3n) is 2.29. The largest absolute Gasteiger partial charge is 0.480 e. The van der Waals surface area contributed by atoms with E-state index in [1.165, 1.54) is 17.4 Å². The Balaban J connectivity index is 2.80. The van der Waals surface area contributed by atoms with Gasteiger partial charge in [0.25, 0.3) is 5.91 Å². The average molecular weight is 253 g/mol. The zero-order valence-electron chi connectivity index (χ0n) is 9.82. The van der Waals surface area contributed by atoms with Crippen LogP contribution in [0.2, 0.25) is 0 Å². The molecule has 1 unspecified atom stereocenters. The number of nitrogens with one attached hydrogen (secondary N) is 1. The summed E-state index contributed by atoms with van der Waals surface area (Å²) in [4.78, 5) is 24.7. The molecule has 5 heteroatoms. The fourth-order valence-corrected chi connectivity index (χ4v) is 2.40. The quantitative estimate of drug-likeness (QED) is 0.790. The third kappa shape index (κ3) is 3.42. The number of aryl methyl sites for hydroxylation is 2. The van der Waals surface area contributed by atoms with Gasteiger partial charge in [-0.25, -0.2) is 4.79 Å². The van der Waals surface area contributed by atoms with E-state index in [1.54, 1.807) is 6.07 Å². The fraction of sp³-hybridized carbons (Fsp3) is 0.333. The van der Waals surface area contributed by atoms with Crippen LogP contribution in [0.4, 0.5) is 0 Å². The van der Waals surface area contributed by atoms with Gasteiger partial charge in [-0.1, -0.05) is 6.08 Å². The highest BCUT2D eigenvalue weighted by Crippen LogP contribution is 2.20. The second kappa shape index (κ2) is 5.63. The monoisotopic (exact) mass is 253 g/mol. The summed E-state index contributed by atoms with van der Waals surface area (Å²) in [6.45, 7) is 7.22. The molecule has 2 N–H and O–H groups in total. The van der Waals surface area contributed by atoms with Crippen molar-refractivity contribution in [3.8, 4) is 0 Å². The number of hydrogen-bond donors (Lipinski definition) is 2. The summed E-state index contributed by atoms with van der Waals surface area (Å²) in [7, 11) is 0. The molecule has 0 aliphatic carbocycles. The predicted molar refractivity (Wildman–Crippen MR) is 67.5 cm³/mol. The molecule has 0 saturated heterocycles. The summed E-state index contributed by atoms with van der Waals surface area (Å²) in [6.07, 6.45) is 1.69. The van der Waals surface area contributed by atoms with Crippen LogP contribution in [0.25, 0.3) is 0 Å². The highest BCUT2D eigenvalue weighted by atomic mass is 32.1. The van der Waals surface area contributed by atoms with Crippen LogP contribution in [0.5, 0.6) is 0 Å². The standard InChI is InChI=1S/C12H15NO3S/c1-4-5-10(12(15)16)13-11(14)9-6-7(2)17-8(9)3/h4,6,10H,1,5H2,2-3H3,(H,13,14)(H,15,16). The van der Waals surface area contributed by atoms with Crippen molar-refractivity contribution in [2.24, 2.45) is 0 Å². The third-order valence-corrected chi connectivity index (χ3v) is 3.26. The van der Waals surface area contributed by atoms with Crippen molar-refractivity contribution in [1.82, 2.24) is 5.32 Å². The molecule has 4 nitrogen and oxygen atoms in total. The number of carbonyl (C=O) groups excluding carboxylic acids is 1. The van der Waals surface area contributed by atoms with Crippen molar-refractivity contribution in [1.29, 1.82) is 0 Å². The molecule has 0 radical (unpaired) electrons. The van der Waals surface area contributed by atoms with E-state index >= 15 is 0 Å². The van der Waals surface area contributed by atoms with Crippen LogP contribution >= 0.6 is 11.3 Å². The maximum absolute atomic E-state index is 11.9. The Labute approximate surface area is 104 Å². The first-order valence-corrected chi connectivity index (χ1v) is 5.99. The lowest BCUT2D eigenvalue weighted by molar-refractivity contribution is -0.139. The second-order valence-corrected chi connectivity index (χ2v) is 5.18. The van der Waals surface area contributed by atoms with Gasteiger partial charge in [-0.15, -0.1) is 17.9 Å². The predicted octanol–water partition coefficient (Wildman–Crippen LogP) is 2.12. The molecule has 0 aliphatic heterocycles. The maximum Gasteiger partial charge on any atom is 0.326 e. The van der Waals surface area contributed by atoms with Crippen LogP contribution in [0.15, 0.2) is 18.7 Å². The zero-order valence-corrected chi connectivity index (χ0v) is 10.6. The molecule has 0 aliphatic rings. The van der Waals surface area contributed by atoms with Crippen molar-refractivity contribution < 1.29 is 14.7 Å². The molecule has 1 atom stereocenters. The molecule has 0 fully saturated rings. The van der Waals surface area contributed by atoms with Gasteiger partial charge in [0.15, 0.2) is 0 Å². The minimum atomic E-state index is -1.05. The number of amides is 1. The molecule has 1 aromatic heterocycles. The molecular weight excluding hydrogens is 238 g/mol. The van der Waals surface area contributed by atoms with E-state index in [-0.39, 0.29) is 12.3 Å². The van der Waals surface area contributed by atoms with E-state index in [1.807, 2.05) is 13.8 Å². The number of thiophene rings is 1. The van der Waals surface area contributed by atoms with Crippen molar-refractivity contribution >= 4 is 23.2 Å². The van der Waals surface area contributed by atoms with Crippen LogP contribution in [0.1, 0.15) is 26.5 Å².